The molecule has 0 saturated heterocycles. The number of ether oxygens (including phenoxy) is 3. The highest BCUT2D eigenvalue weighted by Crippen LogP contribution is 2.66. The Morgan fingerprint density at radius 1 is 1.12 bits per heavy atom. The van der Waals surface area contributed by atoms with Crippen molar-refractivity contribution in [3.05, 3.63) is 48.0 Å². The number of fused-ring (bicyclic) bond motifs is 1. The van der Waals surface area contributed by atoms with Crippen molar-refractivity contribution in [3.63, 3.8) is 0 Å². The van der Waals surface area contributed by atoms with Gasteiger partial charge in [-0.05, 0) is 35.1 Å². The first-order valence-electron chi connectivity index (χ1n) is 13.7. The van der Waals surface area contributed by atoms with Crippen molar-refractivity contribution in [1.82, 2.24) is 0 Å². The highest BCUT2D eigenvalue weighted by atomic mass is 16.6. The molecule has 9 heteroatoms. The van der Waals surface area contributed by atoms with Crippen molar-refractivity contribution in [2.75, 3.05) is 7.11 Å². The molecule has 8 unspecified atom stereocenters. The lowest BCUT2D eigenvalue weighted by atomic mass is 9.45. The lowest BCUT2D eigenvalue weighted by Crippen LogP contribution is -2.66. The molecule has 1 aromatic rings. The van der Waals surface area contributed by atoms with Crippen LogP contribution in [0.1, 0.15) is 72.3 Å². The van der Waals surface area contributed by atoms with E-state index in [0.717, 1.165) is 11.1 Å². The number of methoxy groups -OCH3 is 1. The summed E-state index contributed by atoms with van der Waals surface area (Å²) in [5.74, 6) is -3.53. The molecule has 0 spiro atoms. The maximum Gasteiger partial charge on any atom is 0.305 e. The molecule has 0 amide bonds. The summed E-state index contributed by atoms with van der Waals surface area (Å²) in [6.45, 7) is 14.4. The third kappa shape index (κ3) is 4.42. The summed E-state index contributed by atoms with van der Waals surface area (Å²) in [5.41, 5.74) is -0.718. The van der Waals surface area contributed by atoms with Crippen molar-refractivity contribution in [3.8, 4) is 0 Å². The number of aliphatic hydroxyl groups excluding tert-OH is 1. The van der Waals surface area contributed by atoms with Crippen molar-refractivity contribution in [2.45, 2.75) is 85.0 Å². The van der Waals surface area contributed by atoms with E-state index in [1.165, 1.54) is 21.0 Å². The summed E-state index contributed by atoms with van der Waals surface area (Å²) in [6, 6.07) is 1.86. The number of carbonyl (C=O) groups is 4. The van der Waals surface area contributed by atoms with E-state index in [1.54, 1.807) is 26.4 Å². The lowest BCUT2D eigenvalue weighted by Gasteiger charge is -2.61. The molecular weight excluding hydrogens is 516 g/mol. The summed E-state index contributed by atoms with van der Waals surface area (Å²) in [5, 5.41) is 11.7. The number of Topliss-reactive ketones (excluding diaryl/α,β-unsaturated/α-hetero) is 1. The fraction of sp³-hybridized carbons (Fsp3) is 0.613. The zero-order valence-electron chi connectivity index (χ0n) is 24.3. The van der Waals surface area contributed by atoms with Crippen LogP contribution in [-0.2, 0) is 33.4 Å². The molecule has 40 heavy (non-hydrogen) atoms. The first-order valence-corrected chi connectivity index (χ1v) is 13.7. The van der Waals surface area contributed by atoms with Gasteiger partial charge in [0, 0.05) is 54.8 Å². The number of aliphatic hydroxyl groups is 1. The molecule has 4 rings (SSSR count). The quantitative estimate of drug-likeness (QED) is 0.403. The van der Waals surface area contributed by atoms with E-state index in [-0.39, 0.29) is 24.5 Å². The van der Waals surface area contributed by atoms with Crippen LogP contribution in [0.15, 0.2) is 46.8 Å². The van der Waals surface area contributed by atoms with Gasteiger partial charge in [-0.1, -0.05) is 40.3 Å². The highest BCUT2D eigenvalue weighted by Gasteiger charge is 2.68. The molecule has 0 aromatic carbocycles. The van der Waals surface area contributed by atoms with Crippen molar-refractivity contribution >= 4 is 23.7 Å². The van der Waals surface area contributed by atoms with Gasteiger partial charge in [0.15, 0.2) is 0 Å². The third-order valence-electron chi connectivity index (χ3n) is 10.0. The van der Waals surface area contributed by atoms with Gasteiger partial charge in [0.1, 0.15) is 18.0 Å². The average Bonchev–Trinajstić information content (AvgIpc) is 3.51. The molecule has 3 aliphatic carbocycles. The van der Waals surface area contributed by atoms with Gasteiger partial charge in [-0.25, -0.2) is 0 Å². The minimum absolute atomic E-state index is 0.147. The van der Waals surface area contributed by atoms with Crippen molar-refractivity contribution < 1.29 is 42.9 Å². The Labute approximate surface area is 234 Å². The molecule has 2 saturated carbocycles. The molecule has 1 heterocycles. The SMILES string of the molecule is C=C1C2=CCC(c3ccoc3)C2(C)C(OC(C)=O)C(OC(C)=O)C1C1(C)C(O)CC(=O)C(C)(C)C1CC(=O)OC. The van der Waals surface area contributed by atoms with Crippen LogP contribution in [0.5, 0.6) is 0 Å². The Morgan fingerprint density at radius 3 is 2.33 bits per heavy atom. The minimum atomic E-state index is -1.20. The zero-order chi connectivity index (χ0) is 29.8. The molecule has 0 bridgehead atoms. The number of allylic oxidation sites excluding steroid dienone is 1. The van der Waals surface area contributed by atoms with Gasteiger partial charge >= 0.3 is 17.9 Å². The normalized spacial score (nSPS) is 36.9. The van der Waals surface area contributed by atoms with Crippen molar-refractivity contribution in [1.29, 1.82) is 0 Å². The standard InChI is InChI=1S/C31H40O9/c1-16-20-9-10-21(19-11-12-38-15-19)30(20,6)28(40-18(3)33)27(39-17(2)32)26(16)31(7)22(13-25(36)37-8)29(4,5)23(34)14-24(31)35/h9,11-12,15,21-22,24,26-28,35H,1,10,13-14H2,2-8H3. The second-order valence-electron chi connectivity index (χ2n) is 12.4. The van der Waals surface area contributed by atoms with E-state index in [4.69, 9.17) is 18.6 Å². The smallest absolute Gasteiger partial charge is 0.305 e. The van der Waals surface area contributed by atoms with Gasteiger partial charge in [0.25, 0.3) is 0 Å². The van der Waals surface area contributed by atoms with Gasteiger partial charge in [-0.2, -0.15) is 0 Å². The number of ketones is 1. The van der Waals surface area contributed by atoms with Crippen LogP contribution in [-0.4, -0.2) is 54.2 Å². The Kier molecular flexibility index (Phi) is 7.69. The van der Waals surface area contributed by atoms with Crippen LogP contribution in [0.2, 0.25) is 0 Å². The van der Waals surface area contributed by atoms with Crippen LogP contribution in [0.25, 0.3) is 0 Å². The molecule has 218 valence electrons. The largest absolute Gasteiger partial charge is 0.472 e. The molecular formula is C31H40O9. The summed E-state index contributed by atoms with van der Waals surface area (Å²) < 4.78 is 22.5. The predicted octanol–water partition coefficient (Wildman–Crippen LogP) is 4.29. The maximum absolute atomic E-state index is 13.2. The number of furan rings is 1. The van der Waals surface area contributed by atoms with E-state index in [9.17, 15) is 24.3 Å². The molecule has 3 aliphatic rings. The first-order chi connectivity index (χ1) is 18.6. The molecule has 9 nitrogen and oxygen atoms in total. The monoisotopic (exact) mass is 556 g/mol. The van der Waals surface area contributed by atoms with E-state index in [0.29, 0.717) is 12.0 Å². The number of hydrogen-bond donors (Lipinski definition) is 1. The number of rotatable bonds is 6. The second kappa shape index (κ2) is 10.3. The van der Waals surface area contributed by atoms with Crippen molar-refractivity contribution in [2.24, 2.45) is 28.1 Å². The number of esters is 3. The van der Waals surface area contributed by atoms with Crippen LogP contribution in [0, 0.1) is 28.1 Å². The number of carbonyl (C=O) groups excluding carboxylic acids is 4. The van der Waals surface area contributed by atoms with E-state index in [1.807, 2.05) is 19.9 Å². The first kappa shape index (κ1) is 29.8. The Morgan fingerprint density at radius 2 is 1.77 bits per heavy atom. The maximum atomic E-state index is 13.2. The molecule has 8 atom stereocenters. The minimum Gasteiger partial charge on any atom is -0.472 e. The fourth-order valence-corrected chi connectivity index (χ4v) is 7.99. The van der Waals surface area contributed by atoms with Crippen LogP contribution in [0.3, 0.4) is 0 Å². The van der Waals surface area contributed by atoms with E-state index in [2.05, 4.69) is 12.7 Å². The lowest BCUT2D eigenvalue weighted by molar-refractivity contribution is -0.207. The van der Waals surface area contributed by atoms with Gasteiger partial charge < -0.3 is 23.7 Å². The molecule has 1 N–H and O–H groups in total. The van der Waals surface area contributed by atoms with Crippen LogP contribution >= 0.6 is 0 Å². The van der Waals surface area contributed by atoms with Gasteiger partial charge in [0.2, 0.25) is 0 Å². The Hall–Kier alpha value is -3.20. The van der Waals surface area contributed by atoms with Gasteiger partial charge in [-0.3, -0.25) is 19.2 Å². The highest BCUT2D eigenvalue weighted by molar-refractivity contribution is 5.87. The predicted molar refractivity (Wildman–Crippen MR) is 144 cm³/mol. The molecule has 2 fully saturated rings. The van der Waals surface area contributed by atoms with Crippen LogP contribution in [0.4, 0.5) is 0 Å². The summed E-state index contributed by atoms with van der Waals surface area (Å²) in [7, 11) is 1.27. The molecule has 0 aliphatic heterocycles. The summed E-state index contributed by atoms with van der Waals surface area (Å²) in [4.78, 5) is 51.2. The average molecular weight is 557 g/mol. The third-order valence-corrected chi connectivity index (χ3v) is 10.0. The van der Waals surface area contributed by atoms with Gasteiger partial charge in [0.05, 0.1) is 25.7 Å². The molecule has 0 radical (unpaired) electrons. The summed E-state index contributed by atoms with van der Waals surface area (Å²) >= 11 is 0. The number of hydrogen-bond acceptors (Lipinski definition) is 9. The Bertz CT molecular complexity index is 1240. The van der Waals surface area contributed by atoms with Gasteiger partial charge in [-0.15, -0.1) is 0 Å². The topological polar surface area (TPSA) is 129 Å². The fourth-order valence-electron chi connectivity index (χ4n) is 7.99. The zero-order valence-corrected chi connectivity index (χ0v) is 24.3. The second-order valence-corrected chi connectivity index (χ2v) is 12.4. The molecule has 1 aromatic heterocycles. The summed E-state index contributed by atoms with van der Waals surface area (Å²) in [6.07, 6.45) is 2.37. The van der Waals surface area contributed by atoms with Crippen LogP contribution < -0.4 is 0 Å². The van der Waals surface area contributed by atoms with E-state index >= 15 is 0 Å². The Balaban J connectivity index is 1.96. The van der Waals surface area contributed by atoms with E-state index < -0.39 is 64.3 Å².